The summed E-state index contributed by atoms with van der Waals surface area (Å²) >= 11 is 1.56. The van der Waals surface area contributed by atoms with Gasteiger partial charge in [0, 0.05) is 28.5 Å². The number of benzene rings is 2. The summed E-state index contributed by atoms with van der Waals surface area (Å²) in [6, 6.07) is 12.4. The van der Waals surface area contributed by atoms with Gasteiger partial charge in [-0.2, -0.15) is 0 Å². The van der Waals surface area contributed by atoms with Crippen molar-refractivity contribution in [2.75, 3.05) is 5.32 Å². The molecule has 1 amide bonds. The van der Waals surface area contributed by atoms with Crippen LogP contribution in [0.1, 0.15) is 27.9 Å². The highest BCUT2D eigenvalue weighted by atomic mass is 32.1. The summed E-state index contributed by atoms with van der Waals surface area (Å²) in [4.78, 5) is 18.2. The Morgan fingerprint density at radius 3 is 2.43 bits per heavy atom. The second-order valence-electron chi connectivity index (χ2n) is 7.33. The summed E-state index contributed by atoms with van der Waals surface area (Å²) in [5.74, 6) is -0.0237. The van der Waals surface area contributed by atoms with Crippen molar-refractivity contribution < 1.29 is 4.79 Å². The van der Waals surface area contributed by atoms with Crippen LogP contribution in [0.4, 0.5) is 5.69 Å². The highest BCUT2D eigenvalue weighted by Gasteiger charge is 2.13. The van der Waals surface area contributed by atoms with Gasteiger partial charge in [0.25, 0.3) is 0 Å². The summed E-state index contributed by atoms with van der Waals surface area (Å²) in [6.45, 7) is 8.33. The molecule has 4 rings (SSSR count). The van der Waals surface area contributed by atoms with Crippen molar-refractivity contribution in [3.05, 3.63) is 75.9 Å². The number of rotatable bonds is 4. The third kappa shape index (κ3) is 3.58. The highest BCUT2D eigenvalue weighted by Crippen LogP contribution is 2.25. The molecule has 0 atom stereocenters. The Kier molecular flexibility index (Phi) is 4.77. The fraction of sp³-hybridized carbons (Fsp3) is 0.217. The number of hydrogen-bond acceptors (Lipinski definition) is 3. The lowest BCUT2D eigenvalue weighted by Crippen LogP contribution is -2.15. The van der Waals surface area contributed by atoms with E-state index in [1.807, 2.05) is 41.1 Å². The van der Waals surface area contributed by atoms with E-state index in [-0.39, 0.29) is 5.91 Å². The van der Waals surface area contributed by atoms with Gasteiger partial charge in [-0.1, -0.05) is 18.2 Å². The van der Waals surface area contributed by atoms with Crippen LogP contribution in [0.2, 0.25) is 0 Å². The van der Waals surface area contributed by atoms with E-state index in [0.717, 1.165) is 27.6 Å². The minimum atomic E-state index is -0.0237. The van der Waals surface area contributed by atoms with Gasteiger partial charge in [0.2, 0.25) is 5.91 Å². The third-order valence-corrected chi connectivity index (χ3v) is 6.11. The first-order valence-corrected chi connectivity index (χ1v) is 10.2. The molecule has 0 saturated carbocycles. The second kappa shape index (κ2) is 7.24. The number of carbonyl (C=O) groups excluding carboxylic acids is 1. The van der Waals surface area contributed by atoms with Gasteiger partial charge in [0.05, 0.1) is 12.1 Å². The zero-order valence-electron chi connectivity index (χ0n) is 16.5. The molecule has 4 nitrogen and oxygen atoms in total. The predicted molar refractivity (Wildman–Crippen MR) is 116 cm³/mol. The van der Waals surface area contributed by atoms with E-state index in [2.05, 4.69) is 44.3 Å². The molecule has 0 radical (unpaired) electrons. The monoisotopic (exact) mass is 389 g/mol. The normalized spacial score (nSPS) is 11.1. The highest BCUT2D eigenvalue weighted by molar-refractivity contribution is 7.15. The van der Waals surface area contributed by atoms with Crippen LogP contribution in [0, 0.1) is 27.7 Å². The maximum Gasteiger partial charge on any atom is 0.230 e. The number of amides is 1. The van der Waals surface area contributed by atoms with Crippen LogP contribution in [0.25, 0.3) is 16.2 Å². The van der Waals surface area contributed by atoms with Crippen LogP contribution in [-0.2, 0) is 11.2 Å². The number of hydrogen-bond donors (Lipinski definition) is 1. The average Bonchev–Trinajstić information content (AvgIpc) is 3.23. The molecule has 5 heteroatoms. The van der Waals surface area contributed by atoms with Gasteiger partial charge in [-0.25, -0.2) is 4.98 Å². The first-order valence-electron chi connectivity index (χ1n) is 9.31. The van der Waals surface area contributed by atoms with E-state index in [1.54, 1.807) is 11.3 Å². The molecule has 0 aliphatic heterocycles. The van der Waals surface area contributed by atoms with Crippen molar-refractivity contribution in [3.63, 3.8) is 0 Å². The molecule has 0 spiro atoms. The van der Waals surface area contributed by atoms with Crippen LogP contribution in [0.3, 0.4) is 0 Å². The topological polar surface area (TPSA) is 46.4 Å². The van der Waals surface area contributed by atoms with Crippen molar-refractivity contribution in [1.29, 1.82) is 0 Å². The average molecular weight is 390 g/mol. The van der Waals surface area contributed by atoms with Gasteiger partial charge in [-0.05, 0) is 68.1 Å². The molecular weight excluding hydrogens is 366 g/mol. The summed E-state index contributed by atoms with van der Waals surface area (Å²) in [5, 5.41) is 5.00. The quantitative estimate of drug-likeness (QED) is 0.502. The Hall–Kier alpha value is -2.92. The van der Waals surface area contributed by atoms with E-state index in [1.165, 1.54) is 22.3 Å². The number of thiazole rings is 1. The van der Waals surface area contributed by atoms with E-state index >= 15 is 0 Å². The molecular formula is C23H23N3OS. The second-order valence-corrected chi connectivity index (χ2v) is 8.17. The Balaban J connectivity index is 1.55. The molecule has 0 bridgehead atoms. The van der Waals surface area contributed by atoms with Gasteiger partial charge in [0.1, 0.15) is 0 Å². The number of imidazole rings is 1. The summed E-state index contributed by atoms with van der Waals surface area (Å²) in [7, 11) is 0. The van der Waals surface area contributed by atoms with Crippen molar-refractivity contribution in [2.24, 2.45) is 0 Å². The minimum Gasteiger partial charge on any atom is -0.326 e. The van der Waals surface area contributed by atoms with Gasteiger partial charge in [0.15, 0.2) is 4.96 Å². The van der Waals surface area contributed by atoms with Crippen LogP contribution in [-0.4, -0.2) is 15.3 Å². The zero-order valence-corrected chi connectivity index (χ0v) is 17.4. The molecule has 4 aromatic rings. The molecule has 0 saturated heterocycles. The zero-order chi connectivity index (χ0) is 19.8. The molecule has 0 aliphatic rings. The van der Waals surface area contributed by atoms with Gasteiger partial charge in [-0.15, -0.1) is 11.3 Å². The third-order valence-electron chi connectivity index (χ3n) is 5.22. The Morgan fingerprint density at radius 1 is 1.00 bits per heavy atom. The fourth-order valence-electron chi connectivity index (χ4n) is 3.19. The molecule has 2 aromatic heterocycles. The lowest BCUT2D eigenvalue weighted by atomic mass is 10.0. The lowest BCUT2D eigenvalue weighted by Gasteiger charge is -2.07. The number of aromatic nitrogens is 2. The van der Waals surface area contributed by atoms with Gasteiger partial charge in [-0.3, -0.25) is 9.20 Å². The number of anilines is 1. The van der Waals surface area contributed by atoms with Crippen molar-refractivity contribution in [2.45, 2.75) is 34.1 Å². The molecule has 0 aliphatic carbocycles. The van der Waals surface area contributed by atoms with Crippen LogP contribution >= 0.6 is 11.3 Å². The number of nitrogens with one attached hydrogen (secondary N) is 1. The number of nitrogens with zero attached hydrogens (tertiary/aromatic N) is 2. The molecule has 0 fully saturated rings. The van der Waals surface area contributed by atoms with Crippen LogP contribution in [0.15, 0.2) is 48.0 Å². The van der Waals surface area contributed by atoms with Gasteiger partial charge < -0.3 is 5.32 Å². The summed E-state index contributed by atoms with van der Waals surface area (Å²) in [5.41, 5.74) is 8.73. The van der Waals surface area contributed by atoms with Crippen molar-refractivity contribution in [3.8, 4) is 11.3 Å². The van der Waals surface area contributed by atoms with Crippen LogP contribution < -0.4 is 5.32 Å². The Labute approximate surface area is 168 Å². The molecule has 28 heavy (non-hydrogen) atoms. The molecule has 2 heterocycles. The molecule has 0 unspecified atom stereocenters. The summed E-state index contributed by atoms with van der Waals surface area (Å²) in [6.07, 6.45) is 2.34. The van der Waals surface area contributed by atoms with E-state index < -0.39 is 0 Å². The first kappa shape index (κ1) is 18.4. The fourth-order valence-corrected chi connectivity index (χ4v) is 4.06. The van der Waals surface area contributed by atoms with Gasteiger partial charge >= 0.3 is 0 Å². The minimum absolute atomic E-state index is 0.0237. The van der Waals surface area contributed by atoms with E-state index in [9.17, 15) is 4.79 Å². The molecule has 1 N–H and O–H groups in total. The largest absolute Gasteiger partial charge is 0.326 e. The van der Waals surface area contributed by atoms with Crippen molar-refractivity contribution in [1.82, 2.24) is 9.38 Å². The number of carbonyl (C=O) groups is 1. The SMILES string of the molecule is Cc1ccc(NC(=O)Cc2csc3nc(-c4ccc(C)c(C)c4)cn23)cc1C. The number of aryl methyl sites for hydroxylation is 4. The molecule has 142 valence electrons. The maximum atomic E-state index is 12.5. The predicted octanol–water partition coefficient (Wildman–Crippen LogP) is 5.48. The van der Waals surface area contributed by atoms with E-state index in [0.29, 0.717) is 6.42 Å². The number of fused-ring (bicyclic) bond motifs is 1. The first-order chi connectivity index (χ1) is 13.4. The Bertz CT molecular complexity index is 1190. The summed E-state index contributed by atoms with van der Waals surface area (Å²) < 4.78 is 2.02. The maximum absolute atomic E-state index is 12.5. The Morgan fingerprint density at radius 2 is 1.71 bits per heavy atom. The van der Waals surface area contributed by atoms with Crippen molar-refractivity contribution >= 4 is 27.9 Å². The molecule has 2 aromatic carbocycles. The van der Waals surface area contributed by atoms with Crippen LogP contribution in [0.5, 0.6) is 0 Å². The van der Waals surface area contributed by atoms with E-state index in [4.69, 9.17) is 4.98 Å². The lowest BCUT2D eigenvalue weighted by molar-refractivity contribution is -0.115. The smallest absolute Gasteiger partial charge is 0.230 e. The standard InChI is InChI=1S/C23H23N3OS/c1-14-5-7-18(9-16(14)3)21-12-26-20(13-28-23(26)25-21)11-22(27)24-19-8-6-15(2)17(4)10-19/h5-10,12-13H,11H2,1-4H3,(H,24,27).